The van der Waals surface area contributed by atoms with Gasteiger partial charge in [-0.15, -0.1) is 0 Å². The van der Waals surface area contributed by atoms with Crippen LogP contribution in [0.1, 0.15) is 34.5 Å². The molecule has 3 aliphatic rings. The van der Waals surface area contributed by atoms with Crippen molar-refractivity contribution >= 4 is 21.5 Å². The topological polar surface area (TPSA) is 53.0 Å². The summed E-state index contributed by atoms with van der Waals surface area (Å²) < 4.78 is 5.68. The molecule has 114 valence electrons. The zero-order chi connectivity index (χ0) is 15.3. The number of ether oxygens (including phenoxy) is 1. The fraction of sp³-hybridized carbons (Fsp3) is 0.300. The number of fused-ring (bicyclic) bond motifs is 6. The van der Waals surface area contributed by atoms with Gasteiger partial charge in [0, 0.05) is 0 Å². The molecular weight excluding hydrogens is 288 g/mol. The van der Waals surface area contributed by atoms with E-state index in [9.17, 15) is 10.2 Å². The highest BCUT2D eigenvalue weighted by Gasteiger charge is 2.54. The number of aryl methyl sites for hydroxylation is 2. The summed E-state index contributed by atoms with van der Waals surface area (Å²) in [6.07, 6.45) is 0.194. The normalized spacial score (nSPS) is 30.5. The zero-order valence-corrected chi connectivity index (χ0v) is 12.5. The predicted octanol–water partition coefficient (Wildman–Crippen LogP) is 2.94. The third-order valence-corrected chi connectivity index (χ3v) is 5.86. The van der Waals surface area contributed by atoms with Gasteiger partial charge in [-0.3, -0.25) is 0 Å². The summed E-state index contributed by atoms with van der Waals surface area (Å²) in [6, 6.07) is 12.9. The Balaban J connectivity index is 1.77. The van der Waals surface area contributed by atoms with Crippen molar-refractivity contribution in [2.24, 2.45) is 0 Å². The van der Waals surface area contributed by atoms with Crippen LogP contribution in [0.3, 0.4) is 0 Å². The van der Waals surface area contributed by atoms with Crippen molar-refractivity contribution in [2.45, 2.75) is 37.3 Å². The molecule has 0 aromatic heterocycles. The molecule has 1 saturated heterocycles. The Morgan fingerprint density at radius 2 is 1.91 bits per heavy atom. The number of benzene rings is 3. The summed E-state index contributed by atoms with van der Waals surface area (Å²) >= 11 is 0. The molecule has 0 saturated carbocycles. The summed E-state index contributed by atoms with van der Waals surface area (Å²) in [5.41, 5.74) is 4.77. The minimum Gasteiger partial charge on any atom is -0.387 e. The van der Waals surface area contributed by atoms with Crippen molar-refractivity contribution in [3.63, 3.8) is 0 Å². The molecule has 2 N–H and O–H groups in total. The van der Waals surface area contributed by atoms with Crippen LogP contribution in [-0.4, -0.2) is 22.4 Å². The van der Waals surface area contributed by atoms with Crippen molar-refractivity contribution in [3.8, 4) is 0 Å². The second-order valence-corrected chi connectivity index (χ2v) is 6.99. The second-order valence-electron chi connectivity index (χ2n) is 6.99. The van der Waals surface area contributed by atoms with E-state index in [1.165, 1.54) is 32.7 Å². The van der Waals surface area contributed by atoms with E-state index in [0.29, 0.717) is 0 Å². The molecule has 4 atom stereocenters. The van der Waals surface area contributed by atoms with Crippen LogP contribution >= 0.6 is 0 Å². The van der Waals surface area contributed by atoms with Crippen LogP contribution in [0.25, 0.3) is 21.5 Å². The molecule has 0 radical (unpaired) electrons. The lowest BCUT2D eigenvalue weighted by Crippen LogP contribution is -2.29. The van der Waals surface area contributed by atoms with E-state index in [1.807, 2.05) is 6.07 Å². The van der Waals surface area contributed by atoms with Gasteiger partial charge in [0.15, 0.2) is 0 Å². The molecule has 3 nitrogen and oxygen atoms in total. The highest BCUT2D eigenvalue weighted by molar-refractivity contribution is 6.06. The molecule has 1 heterocycles. The number of rotatable bonds is 0. The molecule has 0 spiro atoms. The van der Waals surface area contributed by atoms with E-state index < -0.39 is 12.2 Å². The molecule has 3 aromatic rings. The first-order chi connectivity index (χ1) is 11.2. The van der Waals surface area contributed by atoms with Gasteiger partial charge in [-0.25, -0.2) is 0 Å². The number of hydrogen-bond donors (Lipinski definition) is 2. The Kier molecular flexibility index (Phi) is 2.13. The molecule has 2 aliphatic carbocycles. The van der Waals surface area contributed by atoms with E-state index >= 15 is 0 Å². The number of aliphatic hydroxyl groups is 2. The second kappa shape index (κ2) is 3.93. The van der Waals surface area contributed by atoms with Gasteiger partial charge in [-0.2, -0.15) is 0 Å². The zero-order valence-electron chi connectivity index (χ0n) is 12.5. The smallest absolute Gasteiger partial charge is 0.118 e. The summed E-state index contributed by atoms with van der Waals surface area (Å²) in [4.78, 5) is 0. The average Bonchev–Trinajstić information content (AvgIpc) is 3.25. The summed E-state index contributed by atoms with van der Waals surface area (Å²) in [6.45, 7) is 0. The first kappa shape index (κ1) is 12.5. The summed E-state index contributed by atoms with van der Waals surface area (Å²) in [5, 5.41) is 25.7. The van der Waals surface area contributed by atoms with Crippen LogP contribution in [0.15, 0.2) is 36.4 Å². The first-order valence-corrected chi connectivity index (χ1v) is 8.25. The Hall–Kier alpha value is -1.94. The molecule has 3 heteroatoms. The van der Waals surface area contributed by atoms with Gasteiger partial charge in [0.2, 0.25) is 0 Å². The van der Waals surface area contributed by atoms with Crippen molar-refractivity contribution in [2.75, 3.05) is 0 Å². The number of hydrogen-bond acceptors (Lipinski definition) is 3. The molecule has 1 aliphatic heterocycles. The Bertz CT molecular complexity index is 1010. The van der Waals surface area contributed by atoms with Crippen molar-refractivity contribution in [1.29, 1.82) is 0 Å². The van der Waals surface area contributed by atoms with Gasteiger partial charge in [0.05, 0.1) is 0 Å². The fourth-order valence-electron chi connectivity index (χ4n) is 4.75. The van der Waals surface area contributed by atoms with Crippen LogP contribution in [0.4, 0.5) is 0 Å². The quantitative estimate of drug-likeness (QED) is 0.496. The van der Waals surface area contributed by atoms with Gasteiger partial charge in [-0.05, 0) is 62.7 Å². The van der Waals surface area contributed by atoms with Gasteiger partial charge in [-0.1, -0.05) is 30.3 Å². The number of epoxide rings is 1. The largest absolute Gasteiger partial charge is 0.387 e. The first-order valence-electron chi connectivity index (χ1n) is 8.25. The van der Waals surface area contributed by atoms with E-state index in [0.717, 1.165) is 24.0 Å². The summed E-state index contributed by atoms with van der Waals surface area (Å²) in [7, 11) is 0. The molecule has 6 rings (SSSR count). The third kappa shape index (κ3) is 1.41. The fourth-order valence-corrected chi connectivity index (χ4v) is 4.75. The van der Waals surface area contributed by atoms with Gasteiger partial charge in [0.25, 0.3) is 0 Å². The highest BCUT2D eigenvalue weighted by Crippen LogP contribution is 2.53. The lowest BCUT2D eigenvalue weighted by atomic mass is 9.83. The molecule has 23 heavy (non-hydrogen) atoms. The minimum absolute atomic E-state index is 0.0682. The highest BCUT2D eigenvalue weighted by atomic mass is 16.6. The van der Waals surface area contributed by atoms with Crippen LogP contribution in [0.2, 0.25) is 0 Å². The molecule has 0 amide bonds. The maximum absolute atomic E-state index is 10.4. The molecular formula is C20H16O3. The Morgan fingerprint density at radius 1 is 1.00 bits per heavy atom. The molecule has 1 fully saturated rings. The molecule has 0 bridgehead atoms. The van der Waals surface area contributed by atoms with E-state index in [2.05, 4.69) is 30.3 Å². The average molecular weight is 304 g/mol. The SMILES string of the molecule is OC1c2ccc3c4c5c(cccc5cc3c2C2OC2C1O)CC4. The van der Waals surface area contributed by atoms with Crippen molar-refractivity contribution in [1.82, 2.24) is 0 Å². The molecule has 3 aromatic carbocycles. The van der Waals surface area contributed by atoms with E-state index in [-0.39, 0.29) is 12.2 Å². The van der Waals surface area contributed by atoms with Gasteiger partial charge < -0.3 is 14.9 Å². The van der Waals surface area contributed by atoms with Crippen molar-refractivity contribution in [3.05, 3.63) is 58.7 Å². The third-order valence-electron chi connectivity index (χ3n) is 5.86. The van der Waals surface area contributed by atoms with Crippen molar-refractivity contribution < 1.29 is 14.9 Å². The monoisotopic (exact) mass is 304 g/mol. The van der Waals surface area contributed by atoms with Crippen LogP contribution in [0, 0.1) is 0 Å². The van der Waals surface area contributed by atoms with E-state index in [4.69, 9.17) is 4.74 Å². The van der Waals surface area contributed by atoms with Crippen LogP contribution < -0.4 is 0 Å². The minimum atomic E-state index is -0.853. The standard InChI is InChI=1S/C20H16O3/c21-17-13-7-6-11-12-5-4-9-2-1-3-10(15(9)12)8-14(11)16(13)19-20(23-19)18(17)22/h1-3,6-8,17-22H,4-5H2. The maximum atomic E-state index is 10.4. The predicted molar refractivity (Wildman–Crippen MR) is 87.4 cm³/mol. The van der Waals surface area contributed by atoms with Gasteiger partial charge >= 0.3 is 0 Å². The van der Waals surface area contributed by atoms with Crippen LogP contribution in [0.5, 0.6) is 0 Å². The Labute approximate surface area is 133 Å². The lowest BCUT2D eigenvalue weighted by molar-refractivity contribution is 0.000105. The maximum Gasteiger partial charge on any atom is 0.118 e. The summed E-state index contributed by atoms with van der Waals surface area (Å²) in [5.74, 6) is 0. The van der Waals surface area contributed by atoms with E-state index in [1.54, 1.807) is 0 Å². The lowest BCUT2D eigenvalue weighted by Gasteiger charge is -2.25. The van der Waals surface area contributed by atoms with Gasteiger partial charge in [0.1, 0.15) is 24.4 Å². The number of aliphatic hydroxyl groups excluding tert-OH is 2. The van der Waals surface area contributed by atoms with Crippen LogP contribution in [-0.2, 0) is 17.6 Å². The Morgan fingerprint density at radius 3 is 2.83 bits per heavy atom. The molecule has 4 unspecified atom stereocenters.